The van der Waals surface area contributed by atoms with E-state index in [1.54, 1.807) is 43.5 Å². The molecular weight excluding hydrogens is 419 g/mol. The summed E-state index contributed by atoms with van der Waals surface area (Å²) in [7, 11) is 1.58. The molecule has 1 unspecified atom stereocenters. The summed E-state index contributed by atoms with van der Waals surface area (Å²) in [5, 5.41) is 9.90. The summed E-state index contributed by atoms with van der Waals surface area (Å²) in [6.07, 6.45) is 0. The quantitative estimate of drug-likeness (QED) is 0.609. The fourth-order valence-electron chi connectivity index (χ4n) is 3.63. The summed E-state index contributed by atoms with van der Waals surface area (Å²) in [6, 6.07) is 24.3. The van der Waals surface area contributed by atoms with Gasteiger partial charge in [-0.15, -0.1) is 0 Å². The monoisotopic (exact) mass is 440 g/mol. The Morgan fingerprint density at radius 1 is 1.03 bits per heavy atom. The molecule has 3 aromatic carbocycles. The number of hydrogen-bond acceptors (Lipinski definition) is 6. The molecule has 4 rings (SSSR count). The third kappa shape index (κ3) is 4.41. The van der Waals surface area contributed by atoms with Crippen LogP contribution in [0.4, 0.5) is 10.1 Å². The van der Waals surface area contributed by atoms with Crippen molar-refractivity contribution in [3.63, 3.8) is 0 Å². The molecular formula is C26H21FN4O2. The van der Waals surface area contributed by atoms with Crippen molar-refractivity contribution >= 4 is 17.3 Å². The number of rotatable bonds is 4. The zero-order valence-corrected chi connectivity index (χ0v) is 17.8. The number of ether oxygens (including phenoxy) is 2. The Kier molecular flexibility index (Phi) is 6.09. The van der Waals surface area contributed by atoms with Crippen LogP contribution in [0.1, 0.15) is 17.0 Å². The Morgan fingerprint density at radius 2 is 1.70 bits per heavy atom. The fraction of sp³-hybridized carbons (Fsp3) is 0.0769. The molecule has 0 saturated heterocycles. The lowest BCUT2D eigenvalue weighted by Crippen LogP contribution is -2.29. The SMILES string of the molecule is COc1ccc(/C(N)=C2/C(=Nc3ccccc3)OC(N)=C(C#N)C2c2ccc(F)cc2)cc1. The number of allylic oxidation sites excluding steroid dienone is 1. The van der Waals surface area contributed by atoms with Crippen molar-refractivity contribution in [3.05, 3.63) is 113 Å². The second-order valence-electron chi connectivity index (χ2n) is 7.28. The topological polar surface area (TPSA) is 107 Å². The maximum atomic E-state index is 13.7. The van der Waals surface area contributed by atoms with Gasteiger partial charge in [0.15, 0.2) is 0 Å². The molecule has 7 heteroatoms. The summed E-state index contributed by atoms with van der Waals surface area (Å²) in [4.78, 5) is 4.63. The van der Waals surface area contributed by atoms with Gasteiger partial charge in [-0.05, 0) is 59.7 Å². The summed E-state index contributed by atoms with van der Waals surface area (Å²) >= 11 is 0. The molecule has 1 aliphatic heterocycles. The van der Waals surface area contributed by atoms with E-state index in [0.29, 0.717) is 33.8 Å². The van der Waals surface area contributed by atoms with Gasteiger partial charge in [-0.1, -0.05) is 30.3 Å². The minimum atomic E-state index is -0.700. The van der Waals surface area contributed by atoms with Crippen LogP contribution < -0.4 is 16.2 Å². The number of nitrogens with two attached hydrogens (primary N) is 2. The summed E-state index contributed by atoms with van der Waals surface area (Å²) in [6.45, 7) is 0. The van der Waals surface area contributed by atoms with Crippen LogP contribution in [-0.4, -0.2) is 13.0 Å². The first kappa shape index (κ1) is 21.7. The van der Waals surface area contributed by atoms with E-state index < -0.39 is 11.7 Å². The summed E-state index contributed by atoms with van der Waals surface area (Å²) in [5.41, 5.74) is 15.7. The van der Waals surface area contributed by atoms with E-state index in [0.717, 1.165) is 0 Å². The lowest BCUT2D eigenvalue weighted by atomic mass is 9.81. The van der Waals surface area contributed by atoms with Crippen LogP contribution in [0.2, 0.25) is 0 Å². The predicted molar refractivity (Wildman–Crippen MR) is 125 cm³/mol. The van der Waals surface area contributed by atoms with Crippen molar-refractivity contribution < 1.29 is 13.9 Å². The highest BCUT2D eigenvalue weighted by molar-refractivity contribution is 6.05. The van der Waals surface area contributed by atoms with Crippen LogP contribution in [0, 0.1) is 17.1 Å². The largest absolute Gasteiger partial charge is 0.497 e. The lowest BCUT2D eigenvalue weighted by molar-refractivity contribution is 0.388. The number of halogens is 1. The van der Waals surface area contributed by atoms with Gasteiger partial charge < -0.3 is 20.9 Å². The van der Waals surface area contributed by atoms with Crippen molar-refractivity contribution in [1.29, 1.82) is 5.26 Å². The van der Waals surface area contributed by atoms with Gasteiger partial charge in [0.2, 0.25) is 11.8 Å². The van der Waals surface area contributed by atoms with Crippen LogP contribution in [-0.2, 0) is 4.74 Å². The number of aliphatic imine (C=N–C) groups is 1. The van der Waals surface area contributed by atoms with Crippen molar-refractivity contribution in [1.82, 2.24) is 0 Å². The Morgan fingerprint density at radius 3 is 2.30 bits per heavy atom. The average molecular weight is 440 g/mol. The second kappa shape index (κ2) is 9.28. The molecule has 4 N–H and O–H groups in total. The first-order valence-electron chi connectivity index (χ1n) is 10.1. The predicted octanol–water partition coefficient (Wildman–Crippen LogP) is 4.74. The number of para-hydroxylation sites is 1. The van der Waals surface area contributed by atoms with Gasteiger partial charge >= 0.3 is 0 Å². The van der Waals surface area contributed by atoms with E-state index in [2.05, 4.69) is 11.1 Å². The molecule has 0 aliphatic carbocycles. The maximum absolute atomic E-state index is 13.7. The molecule has 0 amide bonds. The second-order valence-corrected chi connectivity index (χ2v) is 7.28. The molecule has 1 atom stereocenters. The van der Waals surface area contributed by atoms with E-state index >= 15 is 0 Å². The molecule has 1 aliphatic rings. The number of benzene rings is 3. The zero-order chi connectivity index (χ0) is 23.4. The Bertz CT molecular complexity index is 1290. The fourth-order valence-corrected chi connectivity index (χ4v) is 3.63. The lowest BCUT2D eigenvalue weighted by Gasteiger charge is -2.29. The molecule has 164 valence electrons. The Labute approximate surface area is 190 Å². The van der Waals surface area contributed by atoms with Gasteiger partial charge in [-0.3, -0.25) is 0 Å². The van der Waals surface area contributed by atoms with Gasteiger partial charge in [0.05, 0.1) is 24.3 Å². The molecule has 1 heterocycles. The van der Waals surface area contributed by atoms with E-state index in [9.17, 15) is 9.65 Å². The summed E-state index contributed by atoms with van der Waals surface area (Å²) in [5.74, 6) is -0.332. The standard InChI is InChI=1S/C26H21FN4O2/c1-32-20-13-9-17(10-14-20)24(29)23-22(16-7-11-18(27)12-8-16)21(15-28)25(30)33-26(23)31-19-5-3-2-4-6-19/h2-14,22H,29-30H2,1H3/b24-23-,31-26?. The van der Waals surface area contributed by atoms with E-state index in [1.165, 1.54) is 12.1 Å². The van der Waals surface area contributed by atoms with Crippen molar-refractivity contribution in [2.75, 3.05) is 7.11 Å². The van der Waals surface area contributed by atoms with Crippen LogP contribution >= 0.6 is 0 Å². The van der Waals surface area contributed by atoms with Gasteiger partial charge in [0.25, 0.3) is 0 Å². The molecule has 33 heavy (non-hydrogen) atoms. The van der Waals surface area contributed by atoms with Crippen LogP contribution in [0.5, 0.6) is 5.75 Å². The Balaban J connectivity index is 1.99. The molecule has 0 aromatic heterocycles. The van der Waals surface area contributed by atoms with E-state index in [1.807, 2.05) is 30.3 Å². The maximum Gasteiger partial charge on any atom is 0.228 e. The number of nitriles is 1. The number of hydrogen-bond donors (Lipinski definition) is 2. The highest BCUT2D eigenvalue weighted by Crippen LogP contribution is 2.41. The molecule has 6 nitrogen and oxygen atoms in total. The van der Waals surface area contributed by atoms with E-state index in [-0.39, 0.29) is 17.4 Å². The average Bonchev–Trinajstić information content (AvgIpc) is 2.84. The van der Waals surface area contributed by atoms with Gasteiger partial charge in [-0.25, -0.2) is 9.38 Å². The first-order chi connectivity index (χ1) is 16.0. The molecule has 0 bridgehead atoms. The third-order valence-corrected chi connectivity index (χ3v) is 5.28. The van der Waals surface area contributed by atoms with Gasteiger partial charge in [0, 0.05) is 5.70 Å². The minimum absolute atomic E-state index is 0.0761. The number of methoxy groups -OCH3 is 1. The first-order valence-corrected chi connectivity index (χ1v) is 10.1. The smallest absolute Gasteiger partial charge is 0.228 e. The zero-order valence-electron chi connectivity index (χ0n) is 17.8. The van der Waals surface area contributed by atoms with Crippen molar-refractivity contribution in [2.45, 2.75) is 5.92 Å². The molecule has 0 radical (unpaired) electrons. The minimum Gasteiger partial charge on any atom is -0.497 e. The normalized spacial score (nSPS) is 18.5. The molecule has 0 saturated carbocycles. The van der Waals surface area contributed by atoms with Crippen LogP contribution in [0.15, 0.2) is 101 Å². The highest BCUT2D eigenvalue weighted by Gasteiger charge is 2.36. The van der Waals surface area contributed by atoms with E-state index in [4.69, 9.17) is 20.9 Å². The number of nitrogens with zero attached hydrogens (tertiary/aromatic N) is 2. The van der Waals surface area contributed by atoms with Gasteiger partial charge in [0.1, 0.15) is 23.2 Å². The third-order valence-electron chi connectivity index (χ3n) is 5.28. The molecule has 0 spiro atoms. The van der Waals surface area contributed by atoms with Crippen LogP contribution in [0.3, 0.4) is 0 Å². The van der Waals surface area contributed by atoms with Crippen molar-refractivity contribution in [3.8, 4) is 11.8 Å². The molecule has 3 aromatic rings. The van der Waals surface area contributed by atoms with Gasteiger partial charge in [-0.2, -0.15) is 5.26 Å². The van der Waals surface area contributed by atoms with Crippen LogP contribution in [0.25, 0.3) is 5.70 Å². The van der Waals surface area contributed by atoms with Crippen molar-refractivity contribution in [2.24, 2.45) is 16.5 Å². The molecule has 0 fully saturated rings. The Hall–Kier alpha value is -4.57. The highest BCUT2D eigenvalue weighted by atomic mass is 19.1. The summed E-state index contributed by atoms with van der Waals surface area (Å²) < 4.78 is 24.7.